The number of aryl methyl sites for hydroxylation is 1. The normalized spacial score (nSPS) is 24.6. The minimum Gasteiger partial charge on any atom is -0.370 e. The monoisotopic (exact) mass is 433 g/mol. The van der Waals surface area contributed by atoms with Crippen molar-refractivity contribution in [2.24, 2.45) is 10.7 Å². The van der Waals surface area contributed by atoms with Crippen LogP contribution in [0.25, 0.3) is 0 Å². The van der Waals surface area contributed by atoms with Gasteiger partial charge in [0.2, 0.25) is 0 Å². The van der Waals surface area contributed by atoms with E-state index in [9.17, 15) is 0 Å². The molecule has 2 heterocycles. The highest BCUT2D eigenvalue weighted by molar-refractivity contribution is 9.10. The van der Waals surface area contributed by atoms with Gasteiger partial charge in [0, 0.05) is 16.6 Å². The third-order valence-corrected chi connectivity index (χ3v) is 6.06. The summed E-state index contributed by atoms with van der Waals surface area (Å²) in [6.07, 6.45) is 5.78. The highest BCUT2D eigenvalue weighted by Gasteiger charge is 2.39. The Bertz CT molecular complexity index is 748. The minimum atomic E-state index is 0. The number of hydrogen-bond donors (Lipinski definition) is 1. The van der Waals surface area contributed by atoms with Crippen LogP contribution in [0.4, 0.5) is 0 Å². The maximum absolute atomic E-state index is 6.40. The van der Waals surface area contributed by atoms with Crippen LogP contribution < -0.4 is 5.73 Å². The maximum atomic E-state index is 6.40. The van der Waals surface area contributed by atoms with E-state index >= 15 is 0 Å². The lowest BCUT2D eigenvalue weighted by Crippen LogP contribution is -2.48. The zero-order valence-corrected chi connectivity index (χ0v) is 17.1. The van der Waals surface area contributed by atoms with Gasteiger partial charge in [0.05, 0.1) is 6.04 Å². The van der Waals surface area contributed by atoms with Crippen LogP contribution in [0.1, 0.15) is 42.9 Å². The fraction of sp³-hybridized carbons (Fsp3) is 0.381. The van der Waals surface area contributed by atoms with Crippen LogP contribution in [0.3, 0.4) is 0 Å². The summed E-state index contributed by atoms with van der Waals surface area (Å²) in [4.78, 5) is 7.24. The second kappa shape index (κ2) is 8.45. The molecule has 0 radical (unpaired) electrons. The van der Waals surface area contributed by atoms with Crippen LogP contribution in [-0.4, -0.2) is 22.9 Å². The van der Waals surface area contributed by atoms with Crippen molar-refractivity contribution in [2.75, 3.05) is 0 Å². The Balaban J connectivity index is 0.00000196. The molecule has 0 bridgehead atoms. The molecule has 0 amide bonds. The van der Waals surface area contributed by atoms with E-state index in [1.54, 1.807) is 0 Å². The molecule has 5 heteroatoms. The van der Waals surface area contributed by atoms with Crippen molar-refractivity contribution in [1.29, 1.82) is 0 Å². The molecule has 0 aliphatic carbocycles. The highest BCUT2D eigenvalue weighted by Crippen LogP contribution is 2.38. The summed E-state index contributed by atoms with van der Waals surface area (Å²) in [5.41, 5.74) is 9.07. The predicted octanol–water partition coefficient (Wildman–Crippen LogP) is 5.10. The molecule has 2 aliphatic heterocycles. The van der Waals surface area contributed by atoms with Crippen LogP contribution in [-0.2, 0) is 6.42 Å². The SMILES string of the molecule is Cl.NC1=N[C@@H](c2ccc(Br)cc2)C[C@H]2CC[C@H](CCc3ccccc3)N12. The first-order chi connectivity index (χ1) is 12.2. The Labute approximate surface area is 170 Å². The summed E-state index contributed by atoms with van der Waals surface area (Å²) >= 11 is 3.50. The number of nitrogens with two attached hydrogens (primary N) is 1. The molecule has 1 saturated heterocycles. The van der Waals surface area contributed by atoms with E-state index in [0.717, 1.165) is 29.7 Å². The first-order valence-electron chi connectivity index (χ1n) is 9.11. The molecule has 138 valence electrons. The van der Waals surface area contributed by atoms with Gasteiger partial charge in [-0.15, -0.1) is 12.4 Å². The van der Waals surface area contributed by atoms with E-state index in [4.69, 9.17) is 10.7 Å². The lowest BCUT2D eigenvalue weighted by atomic mass is 9.97. The number of hydrogen-bond acceptors (Lipinski definition) is 3. The molecule has 1 fully saturated rings. The first-order valence-corrected chi connectivity index (χ1v) is 9.91. The summed E-state index contributed by atoms with van der Waals surface area (Å²) in [6.45, 7) is 0. The molecule has 2 N–H and O–H groups in total. The van der Waals surface area contributed by atoms with Crippen molar-refractivity contribution >= 4 is 34.3 Å². The molecule has 2 aromatic rings. The summed E-state index contributed by atoms with van der Waals surface area (Å²) in [7, 11) is 0. The van der Waals surface area contributed by atoms with Gasteiger partial charge in [-0.2, -0.15) is 0 Å². The number of aliphatic imine (C=N–C) groups is 1. The molecule has 26 heavy (non-hydrogen) atoms. The molecule has 2 aliphatic rings. The Morgan fingerprint density at radius 2 is 1.77 bits per heavy atom. The molecule has 4 rings (SSSR count). The van der Waals surface area contributed by atoms with Crippen molar-refractivity contribution in [3.05, 3.63) is 70.2 Å². The van der Waals surface area contributed by atoms with Crippen LogP contribution in [0.2, 0.25) is 0 Å². The second-order valence-corrected chi connectivity index (χ2v) is 8.02. The smallest absolute Gasteiger partial charge is 0.192 e. The van der Waals surface area contributed by atoms with E-state index in [1.807, 2.05) is 0 Å². The lowest BCUT2D eigenvalue weighted by Gasteiger charge is -2.37. The second-order valence-electron chi connectivity index (χ2n) is 7.11. The van der Waals surface area contributed by atoms with Crippen LogP contribution in [0.15, 0.2) is 64.1 Å². The maximum Gasteiger partial charge on any atom is 0.192 e. The van der Waals surface area contributed by atoms with Gasteiger partial charge in [0.15, 0.2) is 5.96 Å². The van der Waals surface area contributed by atoms with E-state index in [0.29, 0.717) is 12.1 Å². The Morgan fingerprint density at radius 1 is 1.04 bits per heavy atom. The standard InChI is InChI=1S/C21H24BrN3.ClH/c22-17-9-7-16(8-10-17)20-14-19-13-12-18(25(19)21(23)24-20)11-6-15-4-2-1-3-5-15;/h1-5,7-10,18-20H,6,11-14H2,(H2,23,24);1H/t18-,19+,20+;/m0./s1. The zero-order chi connectivity index (χ0) is 17.2. The van der Waals surface area contributed by atoms with Gasteiger partial charge in [0.1, 0.15) is 0 Å². The van der Waals surface area contributed by atoms with Gasteiger partial charge in [-0.05, 0) is 55.4 Å². The summed E-state index contributed by atoms with van der Waals surface area (Å²) in [5.74, 6) is 0.736. The number of fused-ring (bicyclic) bond motifs is 1. The van der Waals surface area contributed by atoms with Crippen molar-refractivity contribution in [3.8, 4) is 0 Å². The van der Waals surface area contributed by atoms with Crippen molar-refractivity contribution in [3.63, 3.8) is 0 Å². The molecule has 2 aromatic carbocycles. The van der Waals surface area contributed by atoms with Crippen LogP contribution >= 0.6 is 28.3 Å². The van der Waals surface area contributed by atoms with Gasteiger partial charge in [0.25, 0.3) is 0 Å². The molecular formula is C21H25BrClN3. The lowest BCUT2D eigenvalue weighted by molar-refractivity contribution is 0.256. The molecule has 3 nitrogen and oxygen atoms in total. The van der Waals surface area contributed by atoms with E-state index in [2.05, 4.69) is 75.4 Å². The number of halogens is 2. The fourth-order valence-corrected chi connectivity index (χ4v) is 4.52. The average Bonchev–Trinajstić information content (AvgIpc) is 3.05. The Hall–Kier alpha value is -1.52. The van der Waals surface area contributed by atoms with E-state index in [-0.39, 0.29) is 18.4 Å². The number of nitrogens with zero attached hydrogens (tertiary/aromatic N) is 2. The van der Waals surface area contributed by atoms with Crippen molar-refractivity contribution in [2.45, 2.75) is 50.2 Å². The van der Waals surface area contributed by atoms with Crippen molar-refractivity contribution in [1.82, 2.24) is 4.90 Å². The Morgan fingerprint density at radius 3 is 2.50 bits per heavy atom. The third kappa shape index (κ3) is 4.07. The van der Waals surface area contributed by atoms with Gasteiger partial charge >= 0.3 is 0 Å². The number of benzene rings is 2. The van der Waals surface area contributed by atoms with Gasteiger partial charge in [-0.1, -0.05) is 58.4 Å². The van der Waals surface area contributed by atoms with E-state index in [1.165, 1.54) is 24.0 Å². The largest absolute Gasteiger partial charge is 0.370 e. The minimum absolute atomic E-state index is 0. The topological polar surface area (TPSA) is 41.6 Å². The Kier molecular flexibility index (Phi) is 6.25. The van der Waals surface area contributed by atoms with Crippen LogP contribution in [0, 0.1) is 0 Å². The molecular weight excluding hydrogens is 410 g/mol. The first kappa shape index (κ1) is 19.2. The number of guanidine groups is 1. The van der Waals surface area contributed by atoms with Gasteiger partial charge < -0.3 is 10.6 Å². The molecule has 0 saturated carbocycles. The summed E-state index contributed by atoms with van der Waals surface area (Å²) in [6, 6.07) is 20.5. The van der Waals surface area contributed by atoms with Gasteiger partial charge in [-0.25, -0.2) is 4.99 Å². The highest BCUT2D eigenvalue weighted by atomic mass is 79.9. The molecule has 3 atom stereocenters. The molecule has 0 unspecified atom stereocenters. The molecule has 0 aromatic heterocycles. The molecule has 0 spiro atoms. The number of rotatable bonds is 4. The zero-order valence-electron chi connectivity index (χ0n) is 14.7. The quantitative estimate of drug-likeness (QED) is 0.727. The average molecular weight is 435 g/mol. The predicted molar refractivity (Wildman–Crippen MR) is 114 cm³/mol. The fourth-order valence-electron chi connectivity index (χ4n) is 4.26. The van der Waals surface area contributed by atoms with Crippen molar-refractivity contribution < 1.29 is 0 Å². The van der Waals surface area contributed by atoms with Crippen LogP contribution in [0.5, 0.6) is 0 Å². The van der Waals surface area contributed by atoms with Gasteiger partial charge in [-0.3, -0.25) is 0 Å². The third-order valence-electron chi connectivity index (χ3n) is 5.53. The summed E-state index contributed by atoms with van der Waals surface area (Å²) in [5, 5.41) is 0. The van der Waals surface area contributed by atoms with E-state index < -0.39 is 0 Å². The summed E-state index contributed by atoms with van der Waals surface area (Å²) < 4.78 is 1.10.